The lowest BCUT2D eigenvalue weighted by Crippen LogP contribution is -1.98. The van der Waals surface area contributed by atoms with Gasteiger partial charge in [0.1, 0.15) is 0 Å². The zero-order valence-electron chi connectivity index (χ0n) is 9.61. The van der Waals surface area contributed by atoms with Crippen molar-refractivity contribution in [2.75, 3.05) is 0 Å². The standard InChI is InChI=1S/C15H17N/c1-12-7-14(10-15(8-12)11-16)9-13-5-3-2-4-6-13/h2-8,10H,9,11,16H2,1H3. The van der Waals surface area contributed by atoms with Crippen molar-refractivity contribution in [3.63, 3.8) is 0 Å². The maximum absolute atomic E-state index is 5.68. The number of hydrogen-bond acceptors (Lipinski definition) is 1. The third-order valence-electron chi connectivity index (χ3n) is 2.68. The van der Waals surface area contributed by atoms with Crippen LogP contribution in [0.1, 0.15) is 22.3 Å². The van der Waals surface area contributed by atoms with E-state index in [0.717, 1.165) is 6.42 Å². The van der Waals surface area contributed by atoms with Crippen molar-refractivity contribution in [1.29, 1.82) is 0 Å². The van der Waals surface area contributed by atoms with Crippen LogP contribution in [0.4, 0.5) is 0 Å². The average molecular weight is 211 g/mol. The van der Waals surface area contributed by atoms with Crippen molar-refractivity contribution in [2.24, 2.45) is 5.73 Å². The predicted molar refractivity (Wildman–Crippen MR) is 68.3 cm³/mol. The van der Waals surface area contributed by atoms with Gasteiger partial charge in [-0.2, -0.15) is 0 Å². The van der Waals surface area contributed by atoms with E-state index in [2.05, 4.69) is 49.4 Å². The number of aryl methyl sites for hydroxylation is 1. The predicted octanol–water partition coefficient (Wildman–Crippen LogP) is 3.04. The zero-order chi connectivity index (χ0) is 11.4. The topological polar surface area (TPSA) is 26.0 Å². The summed E-state index contributed by atoms with van der Waals surface area (Å²) in [5.74, 6) is 0. The fourth-order valence-corrected chi connectivity index (χ4v) is 2.00. The molecular weight excluding hydrogens is 194 g/mol. The second-order valence-corrected chi connectivity index (χ2v) is 4.19. The van der Waals surface area contributed by atoms with Gasteiger partial charge in [0, 0.05) is 6.54 Å². The normalized spacial score (nSPS) is 10.4. The van der Waals surface area contributed by atoms with E-state index in [-0.39, 0.29) is 0 Å². The first kappa shape index (κ1) is 10.9. The monoisotopic (exact) mass is 211 g/mol. The van der Waals surface area contributed by atoms with E-state index in [1.54, 1.807) is 0 Å². The van der Waals surface area contributed by atoms with Gasteiger partial charge in [0.15, 0.2) is 0 Å². The molecule has 0 aromatic heterocycles. The Balaban J connectivity index is 2.24. The fourth-order valence-electron chi connectivity index (χ4n) is 2.00. The van der Waals surface area contributed by atoms with Gasteiger partial charge >= 0.3 is 0 Å². The molecule has 1 heteroatoms. The summed E-state index contributed by atoms with van der Waals surface area (Å²) in [6.45, 7) is 2.73. The lowest BCUT2D eigenvalue weighted by Gasteiger charge is -2.06. The number of nitrogens with two attached hydrogens (primary N) is 1. The Labute approximate surface area is 96.9 Å². The van der Waals surface area contributed by atoms with Gasteiger partial charge in [-0.25, -0.2) is 0 Å². The molecule has 0 heterocycles. The molecule has 2 rings (SSSR count). The smallest absolute Gasteiger partial charge is 0.0178 e. The van der Waals surface area contributed by atoms with Crippen molar-refractivity contribution in [3.8, 4) is 0 Å². The van der Waals surface area contributed by atoms with Crippen LogP contribution >= 0.6 is 0 Å². The molecule has 0 aliphatic rings. The molecule has 0 amide bonds. The highest BCUT2D eigenvalue weighted by Crippen LogP contribution is 2.13. The highest BCUT2D eigenvalue weighted by atomic mass is 14.5. The highest BCUT2D eigenvalue weighted by molar-refractivity contribution is 5.33. The van der Waals surface area contributed by atoms with Gasteiger partial charge < -0.3 is 5.73 Å². The molecule has 0 fully saturated rings. The molecule has 2 aromatic rings. The molecular formula is C15H17N. The van der Waals surface area contributed by atoms with Crippen LogP contribution in [0.2, 0.25) is 0 Å². The summed E-state index contributed by atoms with van der Waals surface area (Å²) >= 11 is 0. The first-order valence-corrected chi connectivity index (χ1v) is 5.61. The summed E-state index contributed by atoms with van der Waals surface area (Å²) < 4.78 is 0. The summed E-state index contributed by atoms with van der Waals surface area (Å²) in [6, 6.07) is 17.1. The number of hydrogen-bond donors (Lipinski definition) is 1. The van der Waals surface area contributed by atoms with Gasteiger partial charge in [-0.3, -0.25) is 0 Å². The molecule has 0 bridgehead atoms. The molecule has 0 atom stereocenters. The van der Waals surface area contributed by atoms with Crippen LogP contribution in [0, 0.1) is 6.92 Å². The van der Waals surface area contributed by atoms with Gasteiger partial charge in [-0.1, -0.05) is 54.1 Å². The minimum atomic E-state index is 0.615. The quantitative estimate of drug-likeness (QED) is 0.829. The van der Waals surface area contributed by atoms with Crippen molar-refractivity contribution in [1.82, 2.24) is 0 Å². The molecule has 0 radical (unpaired) electrons. The van der Waals surface area contributed by atoms with Gasteiger partial charge in [-0.15, -0.1) is 0 Å². The molecule has 1 nitrogen and oxygen atoms in total. The van der Waals surface area contributed by atoms with E-state index in [1.807, 2.05) is 6.07 Å². The SMILES string of the molecule is Cc1cc(CN)cc(Cc2ccccc2)c1. The molecule has 0 saturated carbocycles. The van der Waals surface area contributed by atoms with Crippen LogP contribution < -0.4 is 5.73 Å². The summed E-state index contributed by atoms with van der Waals surface area (Å²) in [7, 11) is 0. The van der Waals surface area contributed by atoms with E-state index >= 15 is 0 Å². The van der Waals surface area contributed by atoms with Gasteiger partial charge in [-0.05, 0) is 30.0 Å². The Kier molecular flexibility index (Phi) is 3.37. The van der Waals surface area contributed by atoms with E-state index in [9.17, 15) is 0 Å². The molecule has 16 heavy (non-hydrogen) atoms. The Morgan fingerprint density at radius 2 is 1.56 bits per heavy atom. The van der Waals surface area contributed by atoms with E-state index in [1.165, 1.54) is 22.3 Å². The third kappa shape index (κ3) is 2.71. The number of rotatable bonds is 3. The molecule has 2 N–H and O–H groups in total. The van der Waals surface area contributed by atoms with Gasteiger partial charge in [0.2, 0.25) is 0 Å². The molecule has 0 saturated heterocycles. The van der Waals surface area contributed by atoms with E-state index < -0.39 is 0 Å². The fraction of sp³-hybridized carbons (Fsp3) is 0.200. The molecule has 0 spiro atoms. The van der Waals surface area contributed by atoms with Crippen LogP contribution in [-0.2, 0) is 13.0 Å². The average Bonchev–Trinajstić information content (AvgIpc) is 2.29. The Hall–Kier alpha value is -1.60. The van der Waals surface area contributed by atoms with Gasteiger partial charge in [0.25, 0.3) is 0 Å². The van der Waals surface area contributed by atoms with Crippen LogP contribution in [0.3, 0.4) is 0 Å². The van der Waals surface area contributed by atoms with Crippen LogP contribution in [0.25, 0.3) is 0 Å². The second-order valence-electron chi connectivity index (χ2n) is 4.19. The summed E-state index contributed by atoms with van der Waals surface area (Å²) in [5, 5.41) is 0. The summed E-state index contributed by atoms with van der Waals surface area (Å²) in [5.41, 5.74) is 10.9. The van der Waals surface area contributed by atoms with E-state index in [0.29, 0.717) is 6.54 Å². The van der Waals surface area contributed by atoms with Crippen molar-refractivity contribution in [2.45, 2.75) is 19.9 Å². The lowest BCUT2D eigenvalue weighted by molar-refractivity contribution is 1.05. The molecule has 0 aliphatic heterocycles. The van der Waals surface area contributed by atoms with Crippen molar-refractivity contribution < 1.29 is 0 Å². The Morgan fingerprint density at radius 3 is 2.25 bits per heavy atom. The Bertz CT molecular complexity index is 460. The molecule has 82 valence electrons. The molecule has 0 unspecified atom stereocenters. The van der Waals surface area contributed by atoms with Crippen LogP contribution in [0.5, 0.6) is 0 Å². The number of benzene rings is 2. The van der Waals surface area contributed by atoms with Gasteiger partial charge in [0.05, 0.1) is 0 Å². The Morgan fingerprint density at radius 1 is 0.875 bits per heavy atom. The molecule has 0 aliphatic carbocycles. The first-order valence-electron chi connectivity index (χ1n) is 5.61. The van der Waals surface area contributed by atoms with Crippen LogP contribution in [0.15, 0.2) is 48.5 Å². The minimum absolute atomic E-state index is 0.615. The highest BCUT2D eigenvalue weighted by Gasteiger charge is 1.99. The van der Waals surface area contributed by atoms with Crippen molar-refractivity contribution >= 4 is 0 Å². The minimum Gasteiger partial charge on any atom is -0.326 e. The van der Waals surface area contributed by atoms with Crippen LogP contribution in [-0.4, -0.2) is 0 Å². The van der Waals surface area contributed by atoms with E-state index in [4.69, 9.17) is 5.73 Å². The summed E-state index contributed by atoms with van der Waals surface area (Å²) in [4.78, 5) is 0. The maximum atomic E-state index is 5.68. The second kappa shape index (κ2) is 4.95. The zero-order valence-corrected chi connectivity index (χ0v) is 9.61. The largest absolute Gasteiger partial charge is 0.326 e. The maximum Gasteiger partial charge on any atom is 0.0178 e. The lowest BCUT2D eigenvalue weighted by atomic mass is 10.0. The summed E-state index contributed by atoms with van der Waals surface area (Å²) in [6.07, 6.45) is 0.982. The van der Waals surface area contributed by atoms with Crippen molar-refractivity contribution in [3.05, 3.63) is 70.8 Å². The third-order valence-corrected chi connectivity index (χ3v) is 2.68. The molecule has 2 aromatic carbocycles. The first-order chi connectivity index (χ1) is 7.78.